The maximum atomic E-state index is 12.9. The Morgan fingerprint density at radius 3 is 0.641 bits per heavy atom. The second kappa shape index (κ2) is 67.7. The molecular formula is C72H138O6. The van der Waals surface area contributed by atoms with E-state index in [1.165, 1.54) is 315 Å². The number of rotatable bonds is 67. The third-order valence-corrected chi connectivity index (χ3v) is 16.5. The summed E-state index contributed by atoms with van der Waals surface area (Å²) in [5.74, 6) is -0.838. The van der Waals surface area contributed by atoms with Crippen molar-refractivity contribution in [1.82, 2.24) is 0 Å². The predicted octanol–water partition coefficient (Wildman–Crippen LogP) is 24.4. The molecule has 0 amide bonds. The minimum absolute atomic E-state index is 0.0634. The van der Waals surface area contributed by atoms with Crippen molar-refractivity contribution in [2.75, 3.05) is 13.2 Å². The second-order valence-electron chi connectivity index (χ2n) is 24.5. The van der Waals surface area contributed by atoms with Crippen LogP contribution in [-0.4, -0.2) is 37.2 Å². The van der Waals surface area contributed by atoms with E-state index in [0.717, 1.165) is 57.8 Å². The molecule has 1 unspecified atom stereocenters. The van der Waals surface area contributed by atoms with Gasteiger partial charge in [-0.05, 0) is 44.9 Å². The van der Waals surface area contributed by atoms with Gasteiger partial charge in [-0.2, -0.15) is 0 Å². The smallest absolute Gasteiger partial charge is 0.306 e. The number of esters is 3. The Morgan fingerprint density at radius 2 is 0.423 bits per heavy atom. The van der Waals surface area contributed by atoms with E-state index in [4.69, 9.17) is 14.2 Å². The van der Waals surface area contributed by atoms with E-state index in [2.05, 4.69) is 32.9 Å². The maximum Gasteiger partial charge on any atom is 0.306 e. The van der Waals surface area contributed by atoms with Crippen molar-refractivity contribution in [3.05, 3.63) is 12.2 Å². The van der Waals surface area contributed by atoms with Crippen molar-refractivity contribution < 1.29 is 28.6 Å². The Labute approximate surface area is 488 Å². The summed E-state index contributed by atoms with van der Waals surface area (Å²) in [6, 6.07) is 0. The van der Waals surface area contributed by atoms with Gasteiger partial charge < -0.3 is 14.2 Å². The number of carbonyl (C=O) groups excluding carboxylic acids is 3. The van der Waals surface area contributed by atoms with E-state index < -0.39 is 6.10 Å². The minimum atomic E-state index is -0.764. The second-order valence-corrected chi connectivity index (χ2v) is 24.5. The predicted molar refractivity (Wildman–Crippen MR) is 340 cm³/mol. The molecule has 0 aromatic carbocycles. The highest BCUT2D eigenvalue weighted by atomic mass is 16.6. The van der Waals surface area contributed by atoms with Crippen LogP contribution in [0, 0.1) is 0 Å². The molecule has 78 heavy (non-hydrogen) atoms. The van der Waals surface area contributed by atoms with Gasteiger partial charge in [0.25, 0.3) is 0 Å². The molecule has 0 heterocycles. The van der Waals surface area contributed by atoms with E-state index in [0.29, 0.717) is 19.3 Å². The fraction of sp³-hybridized carbons (Fsp3) is 0.931. The first kappa shape index (κ1) is 76.1. The molecule has 0 aliphatic rings. The molecule has 0 radical (unpaired) electrons. The quantitative estimate of drug-likeness (QED) is 0.0261. The van der Waals surface area contributed by atoms with Gasteiger partial charge in [0, 0.05) is 19.3 Å². The first-order valence-electron chi connectivity index (χ1n) is 35.7. The van der Waals surface area contributed by atoms with Crippen molar-refractivity contribution in [3.63, 3.8) is 0 Å². The van der Waals surface area contributed by atoms with Crippen molar-refractivity contribution in [1.29, 1.82) is 0 Å². The summed E-state index contributed by atoms with van der Waals surface area (Å²) >= 11 is 0. The highest BCUT2D eigenvalue weighted by Crippen LogP contribution is 2.19. The Morgan fingerprint density at radius 1 is 0.244 bits per heavy atom. The molecule has 0 bridgehead atoms. The lowest BCUT2D eigenvalue weighted by Gasteiger charge is -2.18. The average Bonchev–Trinajstić information content (AvgIpc) is 3.44. The fourth-order valence-electron chi connectivity index (χ4n) is 11.2. The van der Waals surface area contributed by atoms with Crippen molar-refractivity contribution in [3.8, 4) is 0 Å². The topological polar surface area (TPSA) is 78.9 Å². The van der Waals surface area contributed by atoms with Gasteiger partial charge in [-0.25, -0.2) is 0 Å². The number of unbranched alkanes of at least 4 members (excludes halogenated alkanes) is 54. The van der Waals surface area contributed by atoms with Crippen LogP contribution >= 0.6 is 0 Å². The van der Waals surface area contributed by atoms with Crippen LogP contribution < -0.4 is 0 Å². The van der Waals surface area contributed by atoms with E-state index in [9.17, 15) is 14.4 Å². The first-order valence-corrected chi connectivity index (χ1v) is 35.7. The van der Waals surface area contributed by atoms with Crippen molar-refractivity contribution in [2.24, 2.45) is 0 Å². The van der Waals surface area contributed by atoms with E-state index in [-0.39, 0.29) is 31.1 Å². The molecule has 1 atom stereocenters. The summed E-state index contributed by atoms with van der Waals surface area (Å²) in [5.41, 5.74) is 0. The molecular weight excluding hydrogens is 961 g/mol. The van der Waals surface area contributed by atoms with Crippen LogP contribution in [0.15, 0.2) is 12.2 Å². The number of carbonyl (C=O) groups is 3. The maximum absolute atomic E-state index is 12.9. The van der Waals surface area contributed by atoms with Gasteiger partial charge >= 0.3 is 17.9 Å². The molecule has 0 spiro atoms. The van der Waals surface area contributed by atoms with E-state index >= 15 is 0 Å². The monoisotopic (exact) mass is 1100 g/mol. The zero-order chi connectivity index (χ0) is 56.4. The molecule has 0 aromatic heterocycles. The molecule has 0 saturated heterocycles. The minimum Gasteiger partial charge on any atom is -0.462 e. The molecule has 0 aromatic rings. The summed E-state index contributed by atoms with van der Waals surface area (Å²) < 4.78 is 16.9. The molecule has 0 N–H and O–H groups in total. The van der Waals surface area contributed by atoms with Crippen molar-refractivity contribution in [2.45, 2.75) is 419 Å². The highest BCUT2D eigenvalue weighted by Gasteiger charge is 2.19. The summed E-state index contributed by atoms with van der Waals surface area (Å²) in [5, 5.41) is 0. The average molecular weight is 1100 g/mol. The standard InChI is InChI=1S/C72H138O6/c1-4-7-10-13-16-18-20-22-24-26-28-30-32-34-36-38-39-41-43-45-47-49-51-53-56-59-62-65-71(74)77-68-69(67-76-70(73)64-61-58-55-15-12-9-6-3)78-72(75)66-63-60-57-54-52-50-48-46-44-42-40-37-35-33-31-29-27-25-23-21-19-17-14-11-8-5-2/h26,28,69H,4-25,27,29-68H2,1-3H3/b28-26-. The first-order chi connectivity index (χ1) is 38.5. The largest absolute Gasteiger partial charge is 0.462 e. The zero-order valence-corrected chi connectivity index (χ0v) is 53.2. The van der Waals surface area contributed by atoms with Gasteiger partial charge in [0.05, 0.1) is 0 Å². The van der Waals surface area contributed by atoms with Crippen LogP contribution in [0.25, 0.3) is 0 Å². The summed E-state index contributed by atoms with van der Waals surface area (Å²) in [6.07, 6.45) is 81.4. The third-order valence-electron chi connectivity index (χ3n) is 16.5. The van der Waals surface area contributed by atoms with Gasteiger partial charge in [-0.3, -0.25) is 14.4 Å². The van der Waals surface area contributed by atoms with Crippen LogP contribution in [0.2, 0.25) is 0 Å². The molecule has 0 aliphatic heterocycles. The molecule has 0 fully saturated rings. The van der Waals surface area contributed by atoms with Crippen molar-refractivity contribution >= 4 is 17.9 Å². The lowest BCUT2D eigenvalue weighted by Crippen LogP contribution is -2.30. The molecule has 6 heteroatoms. The Balaban J connectivity index is 4.00. The number of ether oxygens (including phenoxy) is 3. The third kappa shape index (κ3) is 65.0. The lowest BCUT2D eigenvalue weighted by molar-refractivity contribution is -0.167. The van der Waals surface area contributed by atoms with Crippen LogP contribution in [0.5, 0.6) is 0 Å². The zero-order valence-electron chi connectivity index (χ0n) is 53.2. The fourth-order valence-corrected chi connectivity index (χ4v) is 11.2. The molecule has 462 valence electrons. The van der Waals surface area contributed by atoms with E-state index in [1.807, 2.05) is 0 Å². The van der Waals surface area contributed by atoms with Crippen LogP contribution in [0.4, 0.5) is 0 Å². The van der Waals surface area contributed by atoms with Crippen LogP contribution in [0.1, 0.15) is 412 Å². The Kier molecular flexibility index (Phi) is 66.0. The number of hydrogen-bond donors (Lipinski definition) is 0. The normalized spacial score (nSPS) is 12.0. The summed E-state index contributed by atoms with van der Waals surface area (Å²) in [4.78, 5) is 38.2. The highest BCUT2D eigenvalue weighted by molar-refractivity contribution is 5.71. The van der Waals surface area contributed by atoms with Gasteiger partial charge in [-0.15, -0.1) is 0 Å². The molecule has 6 nitrogen and oxygen atoms in total. The molecule has 0 rings (SSSR count). The number of hydrogen-bond acceptors (Lipinski definition) is 6. The van der Waals surface area contributed by atoms with Gasteiger partial charge in [0.2, 0.25) is 0 Å². The Bertz CT molecular complexity index is 1210. The SMILES string of the molecule is CCCCCCCCCC/C=C\CCCCCCCCCCCCCCCCCC(=O)OCC(COC(=O)CCCCCCCCC)OC(=O)CCCCCCCCCCCCCCCCCCCCCCCCCCCC. The Hall–Kier alpha value is -1.85. The lowest BCUT2D eigenvalue weighted by atomic mass is 10.0. The van der Waals surface area contributed by atoms with Gasteiger partial charge in [0.1, 0.15) is 13.2 Å². The summed E-state index contributed by atoms with van der Waals surface area (Å²) in [6.45, 7) is 6.68. The van der Waals surface area contributed by atoms with Gasteiger partial charge in [-0.1, -0.05) is 360 Å². The molecule has 0 saturated carbocycles. The molecule has 0 aliphatic carbocycles. The number of allylic oxidation sites excluding steroid dienone is 2. The van der Waals surface area contributed by atoms with Gasteiger partial charge in [0.15, 0.2) is 6.10 Å². The van der Waals surface area contributed by atoms with E-state index in [1.54, 1.807) is 0 Å². The summed E-state index contributed by atoms with van der Waals surface area (Å²) in [7, 11) is 0. The van der Waals surface area contributed by atoms with Crippen LogP contribution in [0.3, 0.4) is 0 Å². The van der Waals surface area contributed by atoms with Crippen LogP contribution in [-0.2, 0) is 28.6 Å².